The highest BCUT2D eigenvalue weighted by atomic mass is 16.2. The average molecular weight is 345 g/mol. The molecular weight excluding hydrogens is 326 g/mol. The molecule has 2 N–H and O–H groups in total. The standard InChI is InChI=1S/C20H19N5O/c21-12-17-7-4-8-18(11-17)13-22-20(26)23-14-19-9-10-25(24-19)15-16-5-2-1-3-6-16/h1-11H,13-15H2,(H2,22,23,26). The summed E-state index contributed by atoms with van der Waals surface area (Å²) in [5.74, 6) is 0. The molecule has 6 nitrogen and oxygen atoms in total. The van der Waals surface area contributed by atoms with Crippen LogP contribution in [0.2, 0.25) is 0 Å². The topological polar surface area (TPSA) is 82.7 Å². The van der Waals surface area contributed by atoms with Gasteiger partial charge in [0.25, 0.3) is 0 Å². The Bertz CT molecular complexity index is 911. The molecule has 0 saturated heterocycles. The predicted octanol–water partition coefficient (Wildman–Crippen LogP) is 2.80. The van der Waals surface area contributed by atoms with Gasteiger partial charge >= 0.3 is 6.03 Å². The van der Waals surface area contributed by atoms with Crippen molar-refractivity contribution in [3.05, 3.63) is 89.2 Å². The van der Waals surface area contributed by atoms with E-state index in [9.17, 15) is 4.79 Å². The zero-order chi connectivity index (χ0) is 18.2. The van der Waals surface area contributed by atoms with Gasteiger partial charge in [-0.2, -0.15) is 10.4 Å². The Kier molecular flexibility index (Phi) is 5.63. The Morgan fingerprint density at radius 3 is 2.58 bits per heavy atom. The van der Waals surface area contributed by atoms with E-state index in [0.717, 1.165) is 11.3 Å². The minimum Gasteiger partial charge on any atom is -0.334 e. The van der Waals surface area contributed by atoms with Gasteiger partial charge in [0, 0.05) is 12.7 Å². The van der Waals surface area contributed by atoms with E-state index in [0.29, 0.717) is 25.2 Å². The highest BCUT2D eigenvalue weighted by molar-refractivity contribution is 5.73. The van der Waals surface area contributed by atoms with Gasteiger partial charge in [0.05, 0.1) is 30.4 Å². The normalized spacial score (nSPS) is 10.1. The Labute approximate surface area is 152 Å². The molecule has 1 aromatic heterocycles. The molecule has 130 valence electrons. The monoisotopic (exact) mass is 345 g/mol. The van der Waals surface area contributed by atoms with Crippen LogP contribution < -0.4 is 10.6 Å². The third-order valence-corrected chi connectivity index (χ3v) is 3.82. The zero-order valence-electron chi connectivity index (χ0n) is 14.2. The van der Waals surface area contributed by atoms with E-state index in [-0.39, 0.29) is 6.03 Å². The number of carbonyl (C=O) groups is 1. The number of hydrogen-bond acceptors (Lipinski definition) is 3. The van der Waals surface area contributed by atoms with Crippen molar-refractivity contribution in [3.8, 4) is 6.07 Å². The van der Waals surface area contributed by atoms with Crippen LogP contribution in [0.3, 0.4) is 0 Å². The lowest BCUT2D eigenvalue weighted by atomic mass is 10.1. The lowest BCUT2D eigenvalue weighted by Crippen LogP contribution is -2.34. The molecule has 1 heterocycles. The average Bonchev–Trinajstić information content (AvgIpc) is 3.13. The first-order valence-electron chi connectivity index (χ1n) is 8.30. The quantitative estimate of drug-likeness (QED) is 0.721. The largest absolute Gasteiger partial charge is 0.334 e. The SMILES string of the molecule is N#Cc1cccc(CNC(=O)NCc2ccn(Cc3ccccc3)n2)c1. The Balaban J connectivity index is 1.45. The molecule has 0 bridgehead atoms. The number of amides is 2. The van der Waals surface area contributed by atoms with Crippen LogP contribution in [0.5, 0.6) is 0 Å². The van der Waals surface area contributed by atoms with E-state index in [1.165, 1.54) is 5.56 Å². The number of carbonyl (C=O) groups excluding carboxylic acids is 1. The van der Waals surface area contributed by atoms with Crippen molar-refractivity contribution < 1.29 is 4.79 Å². The zero-order valence-corrected chi connectivity index (χ0v) is 14.2. The fourth-order valence-corrected chi connectivity index (χ4v) is 2.52. The maximum Gasteiger partial charge on any atom is 0.315 e. The van der Waals surface area contributed by atoms with Crippen molar-refractivity contribution >= 4 is 6.03 Å². The second-order valence-electron chi connectivity index (χ2n) is 5.84. The van der Waals surface area contributed by atoms with Gasteiger partial charge < -0.3 is 10.6 Å². The maximum absolute atomic E-state index is 11.9. The molecule has 0 unspecified atom stereocenters. The van der Waals surface area contributed by atoms with Crippen molar-refractivity contribution in [2.75, 3.05) is 0 Å². The number of urea groups is 1. The van der Waals surface area contributed by atoms with Gasteiger partial charge in [-0.25, -0.2) is 4.79 Å². The second kappa shape index (κ2) is 8.49. The summed E-state index contributed by atoms with van der Waals surface area (Å²) in [4.78, 5) is 11.9. The fraction of sp³-hybridized carbons (Fsp3) is 0.150. The molecule has 26 heavy (non-hydrogen) atoms. The second-order valence-corrected chi connectivity index (χ2v) is 5.84. The first-order chi connectivity index (χ1) is 12.7. The lowest BCUT2D eigenvalue weighted by Gasteiger charge is -2.07. The van der Waals surface area contributed by atoms with Crippen LogP contribution in [0.1, 0.15) is 22.4 Å². The maximum atomic E-state index is 11.9. The molecule has 6 heteroatoms. The highest BCUT2D eigenvalue weighted by Gasteiger charge is 2.04. The van der Waals surface area contributed by atoms with Crippen molar-refractivity contribution in [1.82, 2.24) is 20.4 Å². The molecule has 0 saturated carbocycles. The van der Waals surface area contributed by atoms with E-state index < -0.39 is 0 Å². The Morgan fingerprint density at radius 2 is 1.77 bits per heavy atom. The molecule has 0 spiro atoms. The minimum absolute atomic E-state index is 0.273. The van der Waals surface area contributed by atoms with Crippen LogP contribution >= 0.6 is 0 Å². The molecule has 0 aliphatic heterocycles. The van der Waals surface area contributed by atoms with E-state index in [1.54, 1.807) is 18.2 Å². The van der Waals surface area contributed by atoms with E-state index in [2.05, 4.69) is 21.8 Å². The molecule has 3 aromatic rings. The molecule has 0 fully saturated rings. The number of nitrogens with one attached hydrogen (secondary N) is 2. The summed E-state index contributed by atoms with van der Waals surface area (Å²) in [6.07, 6.45) is 1.90. The number of hydrogen-bond donors (Lipinski definition) is 2. The number of rotatable bonds is 6. The van der Waals surface area contributed by atoms with Crippen molar-refractivity contribution in [2.24, 2.45) is 0 Å². The van der Waals surface area contributed by atoms with Gasteiger partial charge in [0.15, 0.2) is 0 Å². The molecule has 0 aliphatic rings. The van der Waals surface area contributed by atoms with Gasteiger partial charge in [-0.15, -0.1) is 0 Å². The summed E-state index contributed by atoms with van der Waals surface area (Å²) in [5, 5.41) is 18.9. The van der Waals surface area contributed by atoms with Crippen molar-refractivity contribution in [3.63, 3.8) is 0 Å². The van der Waals surface area contributed by atoms with Crippen LogP contribution in [0.15, 0.2) is 66.9 Å². The third kappa shape index (κ3) is 4.95. The molecule has 2 aromatic carbocycles. The Morgan fingerprint density at radius 1 is 1.00 bits per heavy atom. The molecule has 0 aliphatic carbocycles. The summed E-state index contributed by atoms with van der Waals surface area (Å²) in [5.41, 5.74) is 3.43. The molecule has 0 atom stereocenters. The van der Waals surface area contributed by atoms with E-state index in [4.69, 9.17) is 5.26 Å². The van der Waals surface area contributed by atoms with E-state index in [1.807, 2.05) is 53.3 Å². The molecule has 3 rings (SSSR count). The first kappa shape index (κ1) is 17.2. The van der Waals surface area contributed by atoms with Crippen molar-refractivity contribution in [1.29, 1.82) is 5.26 Å². The predicted molar refractivity (Wildman–Crippen MR) is 98.0 cm³/mol. The first-order valence-corrected chi connectivity index (χ1v) is 8.30. The smallest absolute Gasteiger partial charge is 0.315 e. The molecule has 0 radical (unpaired) electrons. The van der Waals surface area contributed by atoms with Crippen molar-refractivity contribution in [2.45, 2.75) is 19.6 Å². The number of aromatic nitrogens is 2. The summed E-state index contributed by atoms with van der Waals surface area (Å²) in [6, 6.07) is 20.9. The summed E-state index contributed by atoms with van der Waals surface area (Å²) >= 11 is 0. The van der Waals surface area contributed by atoms with Gasteiger partial charge in [-0.05, 0) is 29.3 Å². The summed E-state index contributed by atoms with van der Waals surface area (Å²) < 4.78 is 1.84. The number of nitrogens with zero attached hydrogens (tertiary/aromatic N) is 3. The van der Waals surface area contributed by atoms with Gasteiger partial charge in [-0.3, -0.25) is 4.68 Å². The van der Waals surface area contributed by atoms with Crippen LogP contribution in [0.25, 0.3) is 0 Å². The highest BCUT2D eigenvalue weighted by Crippen LogP contribution is 2.04. The Hall–Kier alpha value is -3.59. The van der Waals surface area contributed by atoms with Crippen LogP contribution in [0.4, 0.5) is 4.79 Å². The number of benzene rings is 2. The summed E-state index contributed by atoms with van der Waals surface area (Å²) in [7, 11) is 0. The van der Waals surface area contributed by atoms with Crippen LogP contribution in [0, 0.1) is 11.3 Å². The number of nitriles is 1. The molecular formula is C20H19N5O. The minimum atomic E-state index is -0.273. The third-order valence-electron chi connectivity index (χ3n) is 3.82. The fourth-order valence-electron chi connectivity index (χ4n) is 2.52. The molecule has 2 amide bonds. The van der Waals surface area contributed by atoms with Gasteiger partial charge in [-0.1, -0.05) is 42.5 Å². The van der Waals surface area contributed by atoms with E-state index >= 15 is 0 Å². The van der Waals surface area contributed by atoms with Crippen LogP contribution in [-0.2, 0) is 19.6 Å². The van der Waals surface area contributed by atoms with Crippen LogP contribution in [-0.4, -0.2) is 15.8 Å². The lowest BCUT2D eigenvalue weighted by molar-refractivity contribution is 0.240. The van der Waals surface area contributed by atoms with Gasteiger partial charge in [0.1, 0.15) is 0 Å². The van der Waals surface area contributed by atoms with Gasteiger partial charge in [0.2, 0.25) is 0 Å². The summed E-state index contributed by atoms with van der Waals surface area (Å²) in [6.45, 7) is 1.41.